The van der Waals surface area contributed by atoms with Crippen molar-refractivity contribution in [1.29, 1.82) is 0 Å². The third-order valence-corrected chi connectivity index (χ3v) is 3.19. The molecule has 0 fully saturated rings. The van der Waals surface area contributed by atoms with Crippen LogP contribution in [-0.4, -0.2) is 15.6 Å². The minimum absolute atomic E-state index is 0.131. The molecule has 0 bridgehead atoms. The maximum atomic E-state index is 12.1. The molecule has 1 heterocycles. The maximum absolute atomic E-state index is 12.1. The molecule has 0 saturated heterocycles. The maximum Gasteiger partial charge on any atom is 0.187 e. The van der Waals surface area contributed by atoms with Gasteiger partial charge in [-0.3, -0.25) is 9.48 Å². The van der Waals surface area contributed by atoms with Gasteiger partial charge in [0.15, 0.2) is 5.78 Å². The van der Waals surface area contributed by atoms with Crippen LogP contribution in [0.15, 0.2) is 10.7 Å². The van der Waals surface area contributed by atoms with E-state index in [9.17, 15) is 4.79 Å². The molecule has 1 aromatic heterocycles. The third-order valence-electron chi connectivity index (χ3n) is 2.61. The lowest BCUT2D eigenvalue weighted by atomic mass is 9.84. The van der Waals surface area contributed by atoms with Crippen LogP contribution in [0.5, 0.6) is 0 Å². The first kappa shape index (κ1) is 11.4. The van der Waals surface area contributed by atoms with Gasteiger partial charge in [0.2, 0.25) is 0 Å². The van der Waals surface area contributed by atoms with Crippen LogP contribution >= 0.6 is 15.9 Å². The minimum atomic E-state index is -0.323. The van der Waals surface area contributed by atoms with E-state index >= 15 is 0 Å². The van der Waals surface area contributed by atoms with Crippen LogP contribution < -0.4 is 0 Å². The van der Waals surface area contributed by atoms with Crippen LogP contribution in [0.4, 0.5) is 0 Å². The second kappa shape index (κ2) is 3.85. The third kappa shape index (κ3) is 1.90. The molecule has 0 aliphatic carbocycles. The molecule has 0 aliphatic heterocycles. The first-order valence-electron chi connectivity index (χ1n) is 4.62. The van der Waals surface area contributed by atoms with E-state index in [0.717, 1.165) is 10.9 Å². The zero-order chi connectivity index (χ0) is 10.9. The molecule has 0 N–H and O–H groups in total. The number of ketones is 1. The fourth-order valence-corrected chi connectivity index (χ4v) is 1.68. The highest BCUT2D eigenvalue weighted by Crippen LogP contribution is 2.28. The van der Waals surface area contributed by atoms with Gasteiger partial charge in [0, 0.05) is 12.5 Å². The van der Waals surface area contributed by atoms with E-state index in [1.807, 2.05) is 20.8 Å². The number of rotatable bonds is 3. The number of aromatic nitrogens is 2. The molecular formula is C10H15BrN2O. The van der Waals surface area contributed by atoms with Crippen molar-refractivity contribution >= 4 is 21.7 Å². The van der Waals surface area contributed by atoms with Crippen LogP contribution in [0.2, 0.25) is 0 Å². The first-order valence-corrected chi connectivity index (χ1v) is 5.41. The fraction of sp³-hybridized carbons (Fsp3) is 0.600. The van der Waals surface area contributed by atoms with Crippen molar-refractivity contribution in [2.75, 3.05) is 0 Å². The highest BCUT2D eigenvalue weighted by molar-refractivity contribution is 9.10. The molecule has 1 aromatic rings. The predicted octanol–water partition coefficient (Wildman–Crippen LogP) is 2.80. The number of carbonyl (C=O) groups is 1. The monoisotopic (exact) mass is 258 g/mol. The molecule has 3 nitrogen and oxygen atoms in total. The largest absolute Gasteiger partial charge is 0.292 e. The Morgan fingerprint density at radius 1 is 1.64 bits per heavy atom. The summed E-state index contributed by atoms with van der Waals surface area (Å²) in [5, 5.41) is 4.03. The van der Waals surface area contributed by atoms with Crippen LogP contribution in [0.25, 0.3) is 0 Å². The van der Waals surface area contributed by atoms with E-state index in [4.69, 9.17) is 0 Å². The zero-order valence-corrected chi connectivity index (χ0v) is 10.6. The van der Waals surface area contributed by atoms with Crippen LogP contribution in [0, 0.1) is 5.41 Å². The Hall–Kier alpha value is -0.640. The van der Waals surface area contributed by atoms with Gasteiger partial charge in [-0.05, 0) is 22.4 Å². The fourth-order valence-electron chi connectivity index (χ4n) is 1.15. The molecule has 0 saturated carbocycles. The second-order valence-corrected chi connectivity index (χ2v) is 4.89. The molecule has 14 heavy (non-hydrogen) atoms. The average Bonchev–Trinajstić information content (AvgIpc) is 2.45. The molecule has 0 aromatic carbocycles. The van der Waals surface area contributed by atoms with Gasteiger partial charge in [-0.1, -0.05) is 20.8 Å². The summed E-state index contributed by atoms with van der Waals surface area (Å²) in [6.45, 7) is 5.92. The van der Waals surface area contributed by atoms with Gasteiger partial charge in [-0.15, -0.1) is 0 Å². The Morgan fingerprint density at radius 3 is 2.57 bits per heavy atom. The van der Waals surface area contributed by atoms with Crippen molar-refractivity contribution in [3.05, 3.63) is 16.4 Å². The quantitative estimate of drug-likeness (QED) is 0.782. The number of nitrogens with zero attached hydrogens (tertiary/aromatic N) is 2. The summed E-state index contributed by atoms with van der Waals surface area (Å²) in [5.74, 6) is 0.131. The van der Waals surface area contributed by atoms with E-state index in [1.165, 1.54) is 0 Å². The molecule has 0 radical (unpaired) electrons. The molecule has 4 heteroatoms. The zero-order valence-electron chi connectivity index (χ0n) is 8.97. The van der Waals surface area contributed by atoms with E-state index in [-0.39, 0.29) is 11.2 Å². The topological polar surface area (TPSA) is 34.9 Å². The van der Waals surface area contributed by atoms with Gasteiger partial charge in [-0.25, -0.2) is 0 Å². The predicted molar refractivity (Wildman–Crippen MR) is 59.3 cm³/mol. The molecule has 0 amide bonds. The summed E-state index contributed by atoms with van der Waals surface area (Å²) in [7, 11) is 1.78. The van der Waals surface area contributed by atoms with Gasteiger partial charge in [0.05, 0.1) is 10.7 Å². The highest BCUT2D eigenvalue weighted by atomic mass is 79.9. The lowest BCUT2D eigenvalue weighted by molar-refractivity contribution is 0.0821. The van der Waals surface area contributed by atoms with Gasteiger partial charge in [-0.2, -0.15) is 5.10 Å². The summed E-state index contributed by atoms with van der Waals surface area (Å²) in [5.41, 5.74) is 0.327. The van der Waals surface area contributed by atoms with Crippen LogP contribution in [0.3, 0.4) is 0 Å². The lowest BCUT2D eigenvalue weighted by Gasteiger charge is -2.20. The van der Waals surface area contributed by atoms with Crippen molar-refractivity contribution in [2.45, 2.75) is 27.2 Å². The molecule has 0 atom stereocenters. The molecular weight excluding hydrogens is 244 g/mol. The van der Waals surface area contributed by atoms with Gasteiger partial charge in [0.1, 0.15) is 5.69 Å². The SMILES string of the molecule is CCC(C)(C)C(=O)c1c(Br)cnn1C. The number of Topliss-reactive ketones (excluding diaryl/α,β-unsaturated/α-hetero) is 1. The van der Waals surface area contributed by atoms with Crippen LogP contribution in [-0.2, 0) is 7.05 Å². The summed E-state index contributed by atoms with van der Waals surface area (Å²) in [4.78, 5) is 12.1. The van der Waals surface area contributed by atoms with Gasteiger partial charge in [0.25, 0.3) is 0 Å². The van der Waals surface area contributed by atoms with E-state index in [2.05, 4.69) is 21.0 Å². The molecule has 0 aliphatic rings. The van der Waals surface area contributed by atoms with Crippen molar-refractivity contribution in [3.8, 4) is 0 Å². The van der Waals surface area contributed by atoms with Gasteiger partial charge < -0.3 is 0 Å². The Bertz CT molecular complexity index is 336. The standard InChI is InChI=1S/C10H15BrN2O/c1-5-10(2,3)9(14)8-7(11)6-12-13(8)4/h6H,5H2,1-4H3. The number of aryl methyl sites for hydroxylation is 1. The van der Waals surface area contributed by atoms with Gasteiger partial charge >= 0.3 is 0 Å². The van der Waals surface area contributed by atoms with Crippen molar-refractivity contribution < 1.29 is 4.79 Å². The molecule has 0 unspecified atom stereocenters. The van der Waals surface area contributed by atoms with E-state index in [1.54, 1.807) is 17.9 Å². The second-order valence-electron chi connectivity index (χ2n) is 4.03. The summed E-state index contributed by atoms with van der Waals surface area (Å²) < 4.78 is 2.38. The number of hydrogen-bond donors (Lipinski definition) is 0. The molecule has 1 rings (SSSR count). The number of halogens is 1. The average molecular weight is 259 g/mol. The van der Waals surface area contributed by atoms with E-state index in [0.29, 0.717) is 5.69 Å². The summed E-state index contributed by atoms with van der Waals surface area (Å²) in [6.07, 6.45) is 2.47. The lowest BCUT2D eigenvalue weighted by Crippen LogP contribution is -2.25. The Balaban J connectivity index is 3.13. The van der Waals surface area contributed by atoms with Crippen molar-refractivity contribution in [2.24, 2.45) is 12.5 Å². The Kier molecular flexibility index (Phi) is 3.14. The smallest absolute Gasteiger partial charge is 0.187 e. The summed E-state index contributed by atoms with van der Waals surface area (Å²) >= 11 is 3.34. The van der Waals surface area contributed by atoms with E-state index < -0.39 is 0 Å². The number of carbonyl (C=O) groups excluding carboxylic acids is 1. The molecule has 0 spiro atoms. The molecule has 78 valence electrons. The van der Waals surface area contributed by atoms with Crippen molar-refractivity contribution in [1.82, 2.24) is 9.78 Å². The first-order chi connectivity index (χ1) is 6.40. The highest BCUT2D eigenvalue weighted by Gasteiger charge is 2.30. The number of hydrogen-bond acceptors (Lipinski definition) is 2. The van der Waals surface area contributed by atoms with Crippen LogP contribution in [0.1, 0.15) is 37.7 Å². The Labute approximate surface area is 92.6 Å². The van der Waals surface area contributed by atoms with Crippen molar-refractivity contribution in [3.63, 3.8) is 0 Å². The normalized spacial score (nSPS) is 11.8. The summed E-state index contributed by atoms with van der Waals surface area (Å²) in [6, 6.07) is 0. The minimum Gasteiger partial charge on any atom is -0.292 e. The Morgan fingerprint density at radius 2 is 2.21 bits per heavy atom.